The summed E-state index contributed by atoms with van der Waals surface area (Å²) in [4.78, 5) is 13.4. The molecule has 0 radical (unpaired) electrons. The minimum atomic E-state index is 0.0433. The Kier molecular flexibility index (Phi) is 4.98. The van der Waals surface area contributed by atoms with Crippen molar-refractivity contribution in [1.82, 2.24) is 15.1 Å². The third-order valence-electron chi connectivity index (χ3n) is 2.17. The first kappa shape index (κ1) is 12.7. The molecule has 1 heterocycles. The maximum absolute atomic E-state index is 11.6. The fraction of sp³-hybridized carbons (Fsp3) is 0.500. The molecule has 0 saturated carbocycles. The lowest BCUT2D eigenvalue weighted by Crippen LogP contribution is -2.35. The molecule has 0 aliphatic heterocycles. The highest BCUT2D eigenvalue weighted by Crippen LogP contribution is 2.05. The average molecular weight is 243 g/mol. The molecular formula is C10H15ClN4O. The van der Waals surface area contributed by atoms with Crippen molar-refractivity contribution < 1.29 is 4.79 Å². The van der Waals surface area contributed by atoms with Crippen LogP contribution in [-0.4, -0.2) is 40.6 Å². The van der Waals surface area contributed by atoms with Crippen LogP contribution in [0.15, 0.2) is 12.1 Å². The van der Waals surface area contributed by atoms with Crippen molar-refractivity contribution in [1.29, 1.82) is 0 Å². The summed E-state index contributed by atoms with van der Waals surface area (Å²) in [7, 11) is 0. The molecule has 0 aliphatic rings. The molecule has 16 heavy (non-hydrogen) atoms. The Balaban J connectivity index is 2.45. The van der Waals surface area contributed by atoms with E-state index in [2.05, 4.69) is 15.5 Å². The van der Waals surface area contributed by atoms with Crippen LogP contribution in [0.2, 0.25) is 5.15 Å². The van der Waals surface area contributed by atoms with Crippen molar-refractivity contribution >= 4 is 23.3 Å². The topological polar surface area (TPSA) is 58.1 Å². The van der Waals surface area contributed by atoms with E-state index in [1.54, 1.807) is 17.0 Å². The monoisotopic (exact) mass is 242 g/mol. The Labute approximate surface area is 99.8 Å². The molecule has 1 aromatic rings. The molecule has 6 heteroatoms. The van der Waals surface area contributed by atoms with Gasteiger partial charge in [0, 0.05) is 13.1 Å². The highest BCUT2D eigenvalue weighted by Gasteiger charge is 2.08. The standard InChI is InChI=1S/C10H15ClN4O/c1-3-15(4-2)10(16)7-12-9-6-5-8(11)13-14-9/h5-6H,3-4,7H2,1-2H3,(H,12,14). The minimum Gasteiger partial charge on any atom is -0.360 e. The van der Waals surface area contributed by atoms with Gasteiger partial charge in [-0.15, -0.1) is 10.2 Å². The minimum absolute atomic E-state index is 0.0433. The lowest BCUT2D eigenvalue weighted by Gasteiger charge is -2.18. The number of amides is 1. The number of carbonyl (C=O) groups is 1. The smallest absolute Gasteiger partial charge is 0.241 e. The van der Waals surface area contributed by atoms with Gasteiger partial charge in [-0.05, 0) is 26.0 Å². The molecular weight excluding hydrogens is 228 g/mol. The molecule has 0 saturated heterocycles. The summed E-state index contributed by atoms with van der Waals surface area (Å²) in [5.41, 5.74) is 0. The van der Waals surface area contributed by atoms with Crippen molar-refractivity contribution in [2.45, 2.75) is 13.8 Å². The van der Waals surface area contributed by atoms with Crippen LogP contribution in [0.4, 0.5) is 5.82 Å². The van der Waals surface area contributed by atoms with Gasteiger partial charge < -0.3 is 10.2 Å². The third-order valence-corrected chi connectivity index (χ3v) is 2.37. The Morgan fingerprint density at radius 3 is 2.56 bits per heavy atom. The Morgan fingerprint density at radius 1 is 1.38 bits per heavy atom. The molecule has 1 rings (SSSR count). The summed E-state index contributed by atoms with van der Waals surface area (Å²) in [5.74, 6) is 0.589. The van der Waals surface area contributed by atoms with E-state index in [-0.39, 0.29) is 12.5 Å². The summed E-state index contributed by atoms with van der Waals surface area (Å²) < 4.78 is 0. The largest absolute Gasteiger partial charge is 0.360 e. The second-order valence-electron chi connectivity index (χ2n) is 3.16. The maximum atomic E-state index is 11.6. The number of anilines is 1. The van der Waals surface area contributed by atoms with E-state index in [1.807, 2.05) is 13.8 Å². The maximum Gasteiger partial charge on any atom is 0.241 e. The van der Waals surface area contributed by atoms with Gasteiger partial charge in [0.25, 0.3) is 0 Å². The van der Waals surface area contributed by atoms with Crippen molar-refractivity contribution in [3.63, 3.8) is 0 Å². The van der Waals surface area contributed by atoms with Crippen LogP contribution >= 0.6 is 11.6 Å². The number of likely N-dealkylation sites (N-methyl/N-ethyl adjacent to an activating group) is 1. The van der Waals surface area contributed by atoms with Gasteiger partial charge >= 0.3 is 0 Å². The summed E-state index contributed by atoms with van der Waals surface area (Å²) in [6, 6.07) is 3.31. The van der Waals surface area contributed by atoms with Gasteiger partial charge in [0.15, 0.2) is 5.15 Å². The number of aromatic nitrogens is 2. The van der Waals surface area contributed by atoms with E-state index >= 15 is 0 Å². The molecule has 0 fully saturated rings. The zero-order chi connectivity index (χ0) is 12.0. The number of nitrogens with one attached hydrogen (secondary N) is 1. The number of nitrogens with zero attached hydrogens (tertiary/aromatic N) is 3. The fourth-order valence-corrected chi connectivity index (χ4v) is 1.37. The van der Waals surface area contributed by atoms with Gasteiger partial charge in [0.05, 0.1) is 6.54 Å². The van der Waals surface area contributed by atoms with Crippen molar-refractivity contribution in [2.24, 2.45) is 0 Å². The van der Waals surface area contributed by atoms with Gasteiger partial charge in [0.1, 0.15) is 5.82 Å². The van der Waals surface area contributed by atoms with Crippen LogP contribution in [0.25, 0.3) is 0 Å². The van der Waals surface area contributed by atoms with E-state index in [0.29, 0.717) is 24.1 Å². The zero-order valence-electron chi connectivity index (χ0n) is 9.40. The predicted octanol–water partition coefficient (Wildman–Crippen LogP) is 1.41. The first-order valence-corrected chi connectivity index (χ1v) is 5.56. The van der Waals surface area contributed by atoms with Crippen LogP contribution < -0.4 is 5.32 Å². The molecule has 0 spiro atoms. The highest BCUT2D eigenvalue weighted by atomic mass is 35.5. The molecule has 0 aliphatic carbocycles. The van der Waals surface area contributed by atoms with Crippen molar-refractivity contribution in [3.8, 4) is 0 Å². The molecule has 0 unspecified atom stereocenters. The second-order valence-corrected chi connectivity index (χ2v) is 3.55. The van der Waals surface area contributed by atoms with E-state index in [1.165, 1.54) is 0 Å². The Morgan fingerprint density at radius 2 is 2.06 bits per heavy atom. The van der Waals surface area contributed by atoms with Crippen LogP contribution in [0, 0.1) is 0 Å². The lowest BCUT2D eigenvalue weighted by atomic mass is 10.4. The van der Waals surface area contributed by atoms with Gasteiger partial charge in [-0.2, -0.15) is 0 Å². The molecule has 1 aromatic heterocycles. The number of carbonyl (C=O) groups excluding carboxylic acids is 1. The molecule has 5 nitrogen and oxygen atoms in total. The van der Waals surface area contributed by atoms with E-state index in [9.17, 15) is 4.79 Å². The number of halogens is 1. The van der Waals surface area contributed by atoms with E-state index in [4.69, 9.17) is 11.6 Å². The molecule has 0 bridgehead atoms. The average Bonchev–Trinajstić information content (AvgIpc) is 2.30. The predicted molar refractivity (Wildman–Crippen MR) is 63.5 cm³/mol. The SMILES string of the molecule is CCN(CC)C(=O)CNc1ccc(Cl)nn1. The number of hydrogen-bond donors (Lipinski definition) is 1. The Bertz CT molecular complexity index is 337. The lowest BCUT2D eigenvalue weighted by molar-refractivity contribution is -0.128. The van der Waals surface area contributed by atoms with Gasteiger partial charge in [-0.1, -0.05) is 11.6 Å². The highest BCUT2D eigenvalue weighted by molar-refractivity contribution is 6.29. The number of rotatable bonds is 5. The normalized spacial score (nSPS) is 9.94. The molecule has 88 valence electrons. The van der Waals surface area contributed by atoms with Crippen LogP contribution in [0.1, 0.15) is 13.8 Å². The van der Waals surface area contributed by atoms with Gasteiger partial charge in [-0.3, -0.25) is 4.79 Å². The van der Waals surface area contributed by atoms with Crippen LogP contribution in [-0.2, 0) is 4.79 Å². The van der Waals surface area contributed by atoms with Gasteiger partial charge in [0.2, 0.25) is 5.91 Å². The van der Waals surface area contributed by atoms with Crippen molar-refractivity contribution in [3.05, 3.63) is 17.3 Å². The summed E-state index contributed by atoms with van der Waals surface area (Å²) in [6.45, 7) is 5.54. The van der Waals surface area contributed by atoms with E-state index in [0.717, 1.165) is 0 Å². The molecule has 1 N–H and O–H groups in total. The first-order chi connectivity index (χ1) is 7.67. The molecule has 0 atom stereocenters. The molecule has 1 amide bonds. The van der Waals surface area contributed by atoms with E-state index < -0.39 is 0 Å². The number of hydrogen-bond acceptors (Lipinski definition) is 4. The van der Waals surface area contributed by atoms with Crippen molar-refractivity contribution in [2.75, 3.05) is 25.0 Å². The Hall–Kier alpha value is -1.36. The van der Waals surface area contributed by atoms with Crippen LogP contribution in [0.3, 0.4) is 0 Å². The quantitative estimate of drug-likeness (QED) is 0.848. The third kappa shape index (κ3) is 3.66. The first-order valence-electron chi connectivity index (χ1n) is 5.18. The summed E-state index contributed by atoms with van der Waals surface area (Å²) in [5, 5.41) is 10.7. The molecule has 0 aromatic carbocycles. The fourth-order valence-electron chi connectivity index (χ4n) is 1.26. The van der Waals surface area contributed by atoms with Gasteiger partial charge in [-0.25, -0.2) is 0 Å². The zero-order valence-corrected chi connectivity index (χ0v) is 10.2. The summed E-state index contributed by atoms with van der Waals surface area (Å²) >= 11 is 5.59. The second kappa shape index (κ2) is 6.27. The van der Waals surface area contributed by atoms with Crippen LogP contribution in [0.5, 0.6) is 0 Å². The summed E-state index contributed by atoms with van der Waals surface area (Å²) in [6.07, 6.45) is 0.